The fourth-order valence-corrected chi connectivity index (χ4v) is 3.91. The molecule has 7 heteroatoms. The van der Waals surface area contributed by atoms with Gasteiger partial charge in [0.05, 0.1) is 10.4 Å². The van der Waals surface area contributed by atoms with Gasteiger partial charge >= 0.3 is 0 Å². The number of thiophene rings is 1. The number of ether oxygens (including phenoxy) is 1. The van der Waals surface area contributed by atoms with Gasteiger partial charge < -0.3 is 4.74 Å². The molecule has 0 radical (unpaired) electrons. The average molecular weight is 408 g/mol. The van der Waals surface area contributed by atoms with E-state index in [4.69, 9.17) is 39.5 Å². The SMILES string of the molecule is Clc1ccc(-c2csc3ncnc(Oc4ccc(Cl)cc4Cl)c23)cc1. The van der Waals surface area contributed by atoms with E-state index >= 15 is 0 Å². The second-order valence-electron chi connectivity index (χ2n) is 5.19. The van der Waals surface area contributed by atoms with Gasteiger partial charge in [0.2, 0.25) is 5.88 Å². The molecule has 0 bridgehead atoms. The molecule has 2 aromatic heterocycles. The summed E-state index contributed by atoms with van der Waals surface area (Å²) in [6, 6.07) is 12.7. The Morgan fingerprint density at radius 3 is 2.40 bits per heavy atom. The lowest BCUT2D eigenvalue weighted by atomic mass is 10.1. The molecule has 4 aromatic rings. The van der Waals surface area contributed by atoms with Crippen LogP contribution in [0, 0.1) is 0 Å². The molecule has 3 nitrogen and oxygen atoms in total. The summed E-state index contributed by atoms with van der Waals surface area (Å²) in [5.41, 5.74) is 2.00. The van der Waals surface area contributed by atoms with Crippen LogP contribution in [0.1, 0.15) is 0 Å². The summed E-state index contributed by atoms with van der Waals surface area (Å²) in [6.45, 7) is 0. The van der Waals surface area contributed by atoms with Crippen molar-refractivity contribution in [1.82, 2.24) is 9.97 Å². The van der Waals surface area contributed by atoms with Gasteiger partial charge in [0.1, 0.15) is 16.9 Å². The van der Waals surface area contributed by atoms with Crippen LogP contribution >= 0.6 is 46.1 Å². The molecule has 0 amide bonds. The minimum Gasteiger partial charge on any atom is -0.437 e. The summed E-state index contributed by atoms with van der Waals surface area (Å²) in [6.07, 6.45) is 1.48. The lowest BCUT2D eigenvalue weighted by molar-refractivity contribution is 0.468. The Morgan fingerprint density at radius 1 is 0.880 bits per heavy atom. The van der Waals surface area contributed by atoms with E-state index in [0.29, 0.717) is 26.7 Å². The molecule has 0 saturated heterocycles. The van der Waals surface area contributed by atoms with E-state index in [9.17, 15) is 0 Å². The van der Waals surface area contributed by atoms with Gasteiger partial charge in [-0.25, -0.2) is 9.97 Å². The van der Waals surface area contributed by atoms with Crippen molar-refractivity contribution in [1.29, 1.82) is 0 Å². The van der Waals surface area contributed by atoms with Crippen LogP contribution in [0.4, 0.5) is 0 Å². The minimum atomic E-state index is 0.419. The molecule has 0 atom stereocenters. The lowest BCUT2D eigenvalue weighted by Crippen LogP contribution is -1.91. The zero-order valence-corrected chi connectivity index (χ0v) is 15.6. The fourth-order valence-electron chi connectivity index (χ4n) is 2.43. The molecule has 4 rings (SSSR count). The number of hydrogen-bond donors (Lipinski definition) is 0. The quantitative estimate of drug-likeness (QED) is 0.363. The van der Waals surface area contributed by atoms with Crippen molar-refractivity contribution in [3.63, 3.8) is 0 Å². The first-order chi connectivity index (χ1) is 12.1. The molecule has 0 aliphatic carbocycles. The molecular formula is C18H9Cl3N2OS. The number of fused-ring (bicyclic) bond motifs is 1. The van der Waals surface area contributed by atoms with Gasteiger partial charge in [-0.3, -0.25) is 0 Å². The molecule has 0 spiro atoms. The lowest BCUT2D eigenvalue weighted by Gasteiger charge is -2.09. The van der Waals surface area contributed by atoms with Gasteiger partial charge in [-0.2, -0.15) is 0 Å². The van der Waals surface area contributed by atoms with Gasteiger partial charge in [-0.15, -0.1) is 11.3 Å². The van der Waals surface area contributed by atoms with Crippen LogP contribution in [-0.2, 0) is 0 Å². The maximum absolute atomic E-state index is 6.21. The van der Waals surface area contributed by atoms with E-state index in [-0.39, 0.29) is 0 Å². The van der Waals surface area contributed by atoms with Crippen LogP contribution in [-0.4, -0.2) is 9.97 Å². The second kappa shape index (κ2) is 6.81. The summed E-state index contributed by atoms with van der Waals surface area (Å²) >= 11 is 19.7. The number of benzene rings is 2. The Balaban J connectivity index is 1.84. The van der Waals surface area contributed by atoms with Gasteiger partial charge in [0.25, 0.3) is 0 Å². The highest BCUT2D eigenvalue weighted by molar-refractivity contribution is 7.17. The minimum absolute atomic E-state index is 0.419. The monoisotopic (exact) mass is 406 g/mol. The third kappa shape index (κ3) is 3.31. The fraction of sp³-hybridized carbons (Fsp3) is 0. The summed E-state index contributed by atoms with van der Waals surface area (Å²) in [5.74, 6) is 0.930. The average Bonchev–Trinajstić information content (AvgIpc) is 3.03. The predicted octanol–water partition coefficient (Wildman–Crippen LogP) is 7.11. The molecule has 2 aromatic carbocycles. The molecule has 0 saturated carbocycles. The first kappa shape index (κ1) is 16.6. The number of rotatable bonds is 3. The molecule has 2 heterocycles. The molecule has 124 valence electrons. The standard InChI is InChI=1S/C18H9Cl3N2OS/c19-11-3-1-10(2-4-11)13-8-25-18-16(13)17(22-9-23-18)24-15-6-5-12(20)7-14(15)21/h1-9H. The predicted molar refractivity (Wildman–Crippen MR) is 104 cm³/mol. The summed E-state index contributed by atoms with van der Waals surface area (Å²) in [4.78, 5) is 9.46. The molecule has 0 fully saturated rings. The summed E-state index contributed by atoms with van der Waals surface area (Å²) in [5, 5.41) is 4.51. The Bertz CT molecular complexity index is 1060. The zero-order valence-electron chi connectivity index (χ0n) is 12.5. The van der Waals surface area contributed by atoms with Crippen LogP contribution in [0.2, 0.25) is 15.1 Å². The molecule has 0 aliphatic rings. The zero-order chi connectivity index (χ0) is 17.4. The smallest absolute Gasteiger partial charge is 0.231 e. The highest BCUT2D eigenvalue weighted by Gasteiger charge is 2.16. The van der Waals surface area contributed by atoms with Crippen LogP contribution in [0.3, 0.4) is 0 Å². The van der Waals surface area contributed by atoms with Crippen molar-refractivity contribution < 1.29 is 4.74 Å². The third-order valence-corrected chi connectivity index (χ3v) is 5.26. The van der Waals surface area contributed by atoms with Crippen molar-refractivity contribution in [3.8, 4) is 22.8 Å². The highest BCUT2D eigenvalue weighted by atomic mass is 35.5. The Kier molecular flexibility index (Phi) is 4.52. The van der Waals surface area contributed by atoms with E-state index in [1.54, 1.807) is 18.2 Å². The van der Waals surface area contributed by atoms with Gasteiger partial charge in [-0.1, -0.05) is 46.9 Å². The van der Waals surface area contributed by atoms with Crippen molar-refractivity contribution in [3.05, 3.63) is 69.2 Å². The van der Waals surface area contributed by atoms with Crippen molar-refractivity contribution in [2.75, 3.05) is 0 Å². The Labute approximate surface area is 162 Å². The molecule has 0 unspecified atom stereocenters. The summed E-state index contributed by atoms with van der Waals surface area (Å²) in [7, 11) is 0. The summed E-state index contributed by atoms with van der Waals surface area (Å²) < 4.78 is 5.96. The number of aromatic nitrogens is 2. The molecule has 25 heavy (non-hydrogen) atoms. The molecular weight excluding hydrogens is 399 g/mol. The van der Waals surface area contributed by atoms with E-state index in [0.717, 1.165) is 21.3 Å². The highest BCUT2D eigenvalue weighted by Crippen LogP contribution is 2.40. The Morgan fingerprint density at radius 2 is 1.64 bits per heavy atom. The van der Waals surface area contributed by atoms with E-state index in [1.807, 2.05) is 29.6 Å². The topological polar surface area (TPSA) is 35.0 Å². The van der Waals surface area contributed by atoms with Gasteiger partial charge in [0, 0.05) is 21.0 Å². The van der Waals surface area contributed by atoms with Crippen LogP contribution in [0.15, 0.2) is 54.2 Å². The normalized spacial score (nSPS) is 11.0. The van der Waals surface area contributed by atoms with E-state index in [2.05, 4.69) is 9.97 Å². The van der Waals surface area contributed by atoms with Crippen molar-refractivity contribution >= 4 is 56.4 Å². The van der Waals surface area contributed by atoms with Crippen LogP contribution in [0.5, 0.6) is 11.6 Å². The molecule has 0 N–H and O–H groups in total. The van der Waals surface area contributed by atoms with Gasteiger partial charge in [0.15, 0.2) is 0 Å². The van der Waals surface area contributed by atoms with E-state index in [1.165, 1.54) is 17.7 Å². The second-order valence-corrected chi connectivity index (χ2v) is 7.33. The Hall–Kier alpha value is -1.85. The number of halogens is 3. The number of nitrogens with zero attached hydrogens (tertiary/aromatic N) is 2. The molecule has 0 aliphatic heterocycles. The van der Waals surface area contributed by atoms with Crippen LogP contribution in [0.25, 0.3) is 21.3 Å². The van der Waals surface area contributed by atoms with Crippen LogP contribution < -0.4 is 4.74 Å². The van der Waals surface area contributed by atoms with Gasteiger partial charge in [-0.05, 0) is 35.9 Å². The first-order valence-electron chi connectivity index (χ1n) is 7.23. The maximum Gasteiger partial charge on any atom is 0.231 e. The maximum atomic E-state index is 6.21. The van der Waals surface area contributed by atoms with Crippen molar-refractivity contribution in [2.24, 2.45) is 0 Å². The third-order valence-electron chi connectivity index (χ3n) is 3.59. The van der Waals surface area contributed by atoms with Crippen molar-refractivity contribution in [2.45, 2.75) is 0 Å². The van der Waals surface area contributed by atoms with E-state index < -0.39 is 0 Å². The number of hydrogen-bond acceptors (Lipinski definition) is 4. The largest absolute Gasteiger partial charge is 0.437 e. The first-order valence-corrected chi connectivity index (χ1v) is 9.24.